The lowest BCUT2D eigenvalue weighted by atomic mass is 10.2. The van der Waals surface area contributed by atoms with Gasteiger partial charge in [0.2, 0.25) is 0 Å². The number of aromatic nitrogens is 3. The number of ether oxygens (including phenoxy) is 1. The molecule has 0 radical (unpaired) electrons. The minimum absolute atomic E-state index is 0.150. The maximum absolute atomic E-state index is 9.31. The van der Waals surface area contributed by atoms with Crippen LogP contribution in [0.5, 0.6) is 5.75 Å². The van der Waals surface area contributed by atoms with Gasteiger partial charge in [-0.05, 0) is 26.0 Å². The molecular formula is C15H19N3O2. The van der Waals surface area contributed by atoms with E-state index in [1.165, 1.54) is 5.56 Å². The van der Waals surface area contributed by atoms with Gasteiger partial charge in [-0.15, -0.1) is 5.10 Å². The number of benzene rings is 1. The number of hydrogen-bond acceptors (Lipinski definition) is 4. The molecule has 0 bridgehead atoms. The van der Waals surface area contributed by atoms with E-state index in [1.807, 2.05) is 38.1 Å². The smallest absolute Gasteiger partial charge is 0.132 e. The van der Waals surface area contributed by atoms with Crippen molar-refractivity contribution < 1.29 is 9.84 Å². The summed E-state index contributed by atoms with van der Waals surface area (Å²) >= 11 is 0. The standard InChI is InChI=1S/C15H19N3O2/c1-11(2)8-18-15(14(9-19)16-17-18)10-20-13-6-4-12(3)5-7-13/h4-7,19H,1,8-10H2,2-3H3. The van der Waals surface area contributed by atoms with Gasteiger partial charge in [0.15, 0.2) is 0 Å². The fourth-order valence-electron chi connectivity index (χ4n) is 1.82. The minimum atomic E-state index is -0.150. The van der Waals surface area contributed by atoms with Crippen LogP contribution in [0.1, 0.15) is 23.9 Å². The van der Waals surface area contributed by atoms with Crippen molar-refractivity contribution in [2.45, 2.75) is 33.6 Å². The monoisotopic (exact) mass is 273 g/mol. The fourth-order valence-corrected chi connectivity index (χ4v) is 1.82. The van der Waals surface area contributed by atoms with Crippen LogP contribution in [0, 0.1) is 6.92 Å². The molecule has 0 saturated carbocycles. The van der Waals surface area contributed by atoms with Crippen LogP contribution in [0.4, 0.5) is 0 Å². The molecular weight excluding hydrogens is 254 g/mol. The largest absolute Gasteiger partial charge is 0.487 e. The van der Waals surface area contributed by atoms with Crippen LogP contribution in [0.15, 0.2) is 36.4 Å². The summed E-state index contributed by atoms with van der Waals surface area (Å²) in [6, 6.07) is 7.82. The molecule has 0 aliphatic rings. The molecule has 0 aliphatic heterocycles. The highest BCUT2D eigenvalue weighted by atomic mass is 16.5. The van der Waals surface area contributed by atoms with E-state index in [0.29, 0.717) is 18.8 Å². The zero-order valence-electron chi connectivity index (χ0n) is 11.8. The van der Waals surface area contributed by atoms with Gasteiger partial charge >= 0.3 is 0 Å². The minimum Gasteiger partial charge on any atom is -0.487 e. The van der Waals surface area contributed by atoms with E-state index in [4.69, 9.17) is 4.74 Å². The number of nitrogens with zero attached hydrogens (tertiary/aromatic N) is 3. The Hall–Kier alpha value is -2.14. The molecule has 2 aromatic rings. The molecule has 0 amide bonds. The van der Waals surface area contributed by atoms with Crippen molar-refractivity contribution in [1.29, 1.82) is 0 Å². The number of allylic oxidation sites excluding steroid dienone is 1. The lowest BCUT2D eigenvalue weighted by molar-refractivity contribution is 0.262. The Bertz CT molecular complexity index is 588. The molecule has 5 nitrogen and oxygen atoms in total. The van der Waals surface area contributed by atoms with Crippen molar-refractivity contribution in [3.05, 3.63) is 53.4 Å². The molecule has 0 fully saturated rings. The molecule has 1 aromatic heterocycles. The number of rotatable bonds is 6. The lowest BCUT2D eigenvalue weighted by Gasteiger charge is -2.09. The van der Waals surface area contributed by atoms with Crippen molar-refractivity contribution >= 4 is 0 Å². The molecule has 0 atom stereocenters. The summed E-state index contributed by atoms with van der Waals surface area (Å²) in [7, 11) is 0. The zero-order chi connectivity index (χ0) is 14.5. The summed E-state index contributed by atoms with van der Waals surface area (Å²) in [5.74, 6) is 0.780. The summed E-state index contributed by atoms with van der Waals surface area (Å²) in [6.07, 6.45) is 0. The van der Waals surface area contributed by atoms with Crippen LogP contribution in [-0.2, 0) is 19.8 Å². The van der Waals surface area contributed by atoms with E-state index in [1.54, 1.807) is 4.68 Å². The van der Waals surface area contributed by atoms with Crippen molar-refractivity contribution in [3.63, 3.8) is 0 Å². The third-order valence-corrected chi connectivity index (χ3v) is 2.88. The summed E-state index contributed by atoms with van der Waals surface area (Å²) in [6.45, 7) is 8.55. The molecule has 1 N–H and O–H groups in total. The van der Waals surface area contributed by atoms with Crippen molar-refractivity contribution in [2.75, 3.05) is 0 Å². The molecule has 0 unspecified atom stereocenters. The highest BCUT2D eigenvalue weighted by molar-refractivity contribution is 5.26. The van der Waals surface area contributed by atoms with Crippen LogP contribution in [-0.4, -0.2) is 20.1 Å². The number of aliphatic hydroxyl groups excluding tert-OH is 1. The first-order valence-corrected chi connectivity index (χ1v) is 6.46. The second-order valence-electron chi connectivity index (χ2n) is 4.86. The van der Waals surface area contributed by atoms with Crippen LogP contribution in [0.3, 0.4) is 0 Å². The van der Waals surface area contributed by atoms with E-state index < -0.39 is 0 Å². The van der Waals surface area contributed by atoms with Crippen LogP contribution >= 0.6 is 0 Å². The Labute approximate surface area is 118 Å². The number of hydrogen-bond donors (Lipinski definition) is 1. The van der Waals surface area contributed by atoms with Gasteiger partial charge in [0.1, 0.15) is 23.7 Å². The van der Waals surface area contributed by atoms with E-state index in [-0.39, 0.29) is 6.61 Å². The van der Waals surface area contributed by atoms with Crippen molar-refractivity contribution in [2.24, 2.45) is 0 Å². The maximum Gasteiger partial charge on any atom is 0.132 e. The van der Waals surface area contributed by atoms with E-state index >= 15 is 0 Å². The molecule has 1 aromatic carbocycles. The molecule has 0 spiro atoms. The van der Waals surface area contributed by atoms with E-state index in [9.17, 15) is 5.11 Å². The Balaban J connectivity index is 2.12. The summed E-state index contributed by atoms with van der Waals surface area (Å²) in [4.78, 5) is 0. The molecule has 5 heteroatoms. The SMILES string of the molecule is C=C(C)Cn1nnc(CO)c1COc1ccc(C)cc1. The van der Waals surface area contributed by atoms with Gasteiger partial charge in [-0.2, -0.15) is 0 Å². The van der Waals surface area contributed by atoms with E-state index in [2.05, 4.69) is 16.9 Å². The van der Waals surface area contributed by atoms with Gasteiger partial charge in [-0.1, -0.05) is 35.1 Å². The molecule has 0 saturated heterocycles. The van der Waals surface area contributed by atoms with Crippen molar-refractivity contribution in [1.82, 2.24) is 15.0 Å². The quantitative estimate of drug-likeness (QED) is 0.820. The average molecular weight is 273 g/mol. The normalized spacial score (nSPS) is 10.6. The molecule has 20 heavy (non-hydrogen) atoms. The Morgan fingerprint density at radius 3 is 2.65 bits per heavy atom. The predicted molar refractivity (Wildman–Crippen MR) is 76.3 cm³/mol. The lowest BCUT2D eigenvalue weighted by Crippen LogP contribution is -2.10. The van der Waals surface area contributed by atoms with Gasteiger partial charge in [0.05, 0.1) is 13.2 Å². The Kier molecular flexibility index (Phi) is 4.53. The second kappa shape index (κ2) is 6.34. The third-order valence-electron chi connectivity index (χ3n) is 2.88. The van der Waals surface area contributed by atoms with Gasteiger partial charge in [-0.3, -0.25) is 0 Å². The van der Waals surface area contributed by atoms with Gasteiger partial charge < -0.3 is 9.84 Å². The third kappa shape index (κ3) is 3.45. The summed E-state index contributed by atoms with van der Waals surface area (Å²) < 4.78 is 7.44. The zero-order valence-corrected chi connectivity index (χ0v) is 11.8. The number of aliphatic hydroxyl groups is 1. The highest BCUT2D eigenvalue weighted by Gasteiger charge is 2.13. The molecule has 106 valence electrons. The first-order valence-electron chi connectivity index (χ1n) is 6.46. The predicted octanol–water partition coefficient (Wildman–Crippen LogP) is 2.23. The topological polar surface area (TPSA) is 60.2 Å². The van der Waals surface area contributed by atoms with Crippen molar-refractivity contribution in [3.8, 4) is 5.75 Å². The Morgan fingerprint density at radius 1 is 1.35 bits per heavy atom. The van der Waals surface area contributed by atoms with Crippen LogP contribution in [0.25, 0.3) is 0 Å². The first-order chi connectivity index (χ1) is 9.60. The van der Waals surface area contributed by atoms with Crippen LogP contribution in [0.2, 0.25) is 0 Å². The highest BCUT2D eigenvalue weighted by Crippen LogP contribution is 2.15. The van der Waals surface area contributed by atoms with Gasteiger partial charge in [-0.25, -0.2) is 4.68 Å². The van der Waals surface area contributed by atoms with Gasteiger partial charge in [0.25, 0.3) is 0 Å². The van der Waals surface area contributed by atoms with E-state index in [0.717, 1.165) is 17.0 Å². The summed E-state index contributed by atoms with van der Waals surface area (Å²) in [5.41, 5.74) is 3.47. The number of aryl methyl sites for hydroxylation is 1. The summed E-state index contributed by atoms with van der Waals surface area (Å²) in [5, 5.41) is 17.3. The molecule has 1 heterocycles. The molecule has 2 rings (SSSR count). The molecule has 0 aliphatic carbocycles. The van der Waals surface area contributed by atoms with Crippen LogP contribution < -0.4 is 4.74 Å². The fraction of sp³-hybridized carbons (Fsp3) is 0.333. The first kappa shape index (κ1) is 14.3. The Morgan fingerprint density at radius 2 is 2.05 bits per heavy atom. The van der Waals surface area contributed by atoms with Gasteiger partial charge in [0, 0.05) is 0 Å². The average Bonchev–Trinajstić information content (AvgIpc) is 2.79. The second-order valence-corrected chi connectivity index (χ2v) is 4.86. The maximum atomic E-state index is 9.31.